The number of hydrogen-bond donors (Lipinski definition) is 0. The summed E-state index contributed by atoms with van der Waals surface area (Å²) >= 11 is 0. The minimum Gasteiger partial charge on any atom is -0.293 e. The van der Waals surface area contributed by atoms with Gasteiger partial charge in [-0.2, -0.15) is 0 Å². The summed E-state index contributed by atoms with van der Waals surface area (Å²) in [4.78, 5) is 25.5. The normalized spacial score (nSPS) is 15.4. The van der Waals surface area contributed by atoms with Crippen LogP contribution < -0.4 is 0 Å². The van der Waals surface area contributed by atoms with Gasteiger partial charge in [0, 0.05) is 12.4 Å². The van der Waals surface area contributed by atoms with E-state index in [9.17, 15) is 9.59 Å². The van der Waals surface area contributed by atoms with Gasteiger partial charge in [0.15, 0.2) is 0 Å². The van der Waals surface area contributed by atoms with Crippen molar-refractivity contribution >= 4 is 18.4 Å². The SMILES string of the molecule is O=CC(=O)N1C=CC=NC1. The first kappa shape index (κ1) is 6.67. The largest absolute Gasteiger partial charge is 0.293 e. The van der Waals surface area contributed by atoms with Gasteiger partial charge in [-0.25, -0.2) is 0 Å². The zero-order chi connectivity index (χ0) is 7.40. The van der Waals surface area contributed by atoms with E-state index >= 15 is 0 Å². The molecule has 0 aromatic carbocycles. The van der Waals surface area contributed by atoms with Gasteiger partial charge in [0.1, 0.15) is 6.67 Å². The van der Waals surface area contributed by atoms with E-state index in [4.69, 9.17) is 0 Å². The third kappa shape index (κ3) is 1.28. The number of aliphatic imine (C=N–C) groups is 1. The maximum Gasteiger partial charge on any atom is 0.292 e. The molecule has 0 unspecified atom stereocenters. The fraction of sp³-hybridized carbons (Fsp3) is 0.167. The van der Waals surface area contributed by atoms with Crippen molar-refractivity contribution in [3.05, 3.63) is 12.3 Å². The van der Waals surface area contributed by atoms with Gasteiger partial charge in [0.25, 0.3) is 5.91 Å². The quantitative estimate of drug-likeness (QED) is 0.364. The van der Waals surface area contributed by atoms with Gasteiger partial charge in [-0.1, -0.05) is 0 Å². The highest BCUT2D eigenvalue weighted by Crippen LogP contribution is 1.93. The van der Waals surface area contributed by atoms with Crippen LogP contribution in [0.5, 0.6) is 0 Å². The van der Waals surface area contributed by atoms with Gasteiger partial charge < -0.3 is 0 Å². The summed E-state index contributed by atoms with van der Waals surface area (Å²) in [6.45, 7) is 0.244. The molecule has 4 nitrogen and oxygen atoms in total. The Bertz CT molecular complexity index is 208. The second-order valence-electron chi connectivity index (χ2n) is 1.74. The lowest BCUT2D eigenvalue weighted by atomic mass is 10.5. The second-order valence-corrected chi connectivity index (χ2v) is 1.74. The van der Waals surface area contributed by atoms with E-state index in [-0.39, 0.29) is 13.0 Å². The molecule has 0 aliphatic carbocycles. The van der Waals surface area contributed by atoms with Crippen molar-refractivity contribution in [3.63, 3.8) is 0 Å². The van der Waals surface area contributed by atoms with Crippen LogP contribution in [0, 0.1) is 0 Å². The van der Waals surface area contributed by atoms with E-state index in [1.54, 1.807) is 12.3 Å². The zero-order valence-corrected chi connectivity index (χ0v) is 5.23. The average Bonchev–Trinajstić information content (AvgIpc) is 2.05. The van der Waals surface area contributed by atoms with E-state index in [1.807, 2.05) is 0 Å². The lowest BCUT2D eigenvalue weighted by Gasteiger charge is -2.13. The van der Waals surface area contributed by atoms with Crippen molar-refractivity contribution in [1.29, 1.82) is 0 Å². The van der Waals surface area contributed by atoms with Gasteiger partial charge in [-0.15, -0.1) is 0 Å². The number of rotatable bonds is 1. The Morgan fingerprint density at radius 2 is 2.50 bits per heavy atom. The summed E-state index contributed by atoms with van der Waals surface area (Å²) in [5.74, 6) is -0.562. The first-order valence-electron chi connectivity index (χ1n) is 2.77. The molecule has 0 aromatic heterocycles. The lowest BCUT2D eigenvalue weighted by molar-refractivity contribution is -0.136. The van der Waals surface area contributed by atoms with Gasteiger partial charge in [0.2, 0.25) is 6.29 Å². The topological polar surface area (TPSA) is 49.7 Å². The molecule has 0 saturated carbocycles. The molecule has 1 amide bonds. The van der Waals surface area contributed by atoms with Gasteiger partial charge in [0.05, 0.1) is 0 Å². The Labute approximate surface area is 57.8 Å². The van der Waals surface area contributed by atoms with Crippen molar-refractivity contribution in [3.8, 4) is 0 Å². The minimum atomic E-state index is -0.562. The van der Waals surface area contributed by atoms with Crippen molar-refractivity contribution < 1.29 is 9.59 Å². The summed E-state index contributed by atoms with van der Waals surface area (Å²) in [6.07, 6.45) is 4.97. The van der Waals surface area contributed by atoms with Crippen LogP contribution in [0.3, 0.4) is 0 Å². The number of carbonyl (C=O) groups is 2. The molecule has 1 aliphatic heterocycles. The maximum atomic E-state index is 10.6. The molecule has 10 heavy (non-hydrogen) atoms. The molecule has 0 atom stereocenters. The molecule has 0 saturated heterocycles. The van der Waals surface area contributed by atoms with Gasteiger partial charge in [-0.05, 0) is 6.08 Å². The lowest BCUT2D eigenvalue weighted by Crippen LogP contribution is -2.27. The van der Waals surface area contributed by atoms with Crippen LogP contribution >= 0.6 is 0 Å². The van der Waals surface area contributed by atoms with Crippen molar-refractivity contribution in [2.24, 2.45) is 4.99 Å². The molecule has 0 spiro atoms. The Balaban J connectivity index is 2.59. The second kappa shape index (κ2) is 2.91. The predicted molar refractivity (Wildman–Crippen MR) is 35.4 cm³/mol. The standard InChI is InChI=1S/C6H6N2O2/c9-4-6(10)8-3-1-2-7-5-8/h1-4H,5H2. The summed E-state index contributed by atoms with van der Waals surface area (Å²) in [7, 11) is 0. The molecule has 52 valence electrons. The van der Waals surface area contributed by atoms with Crippen LogP contribution in [-0.2, 0) is 9.59 Å². The molecule has 0 radical (unpaired) electrons. The van der Waals surface area contributed by atoms with E-state index in [2.05, 4.69) is 4.99 Å². The Hall–Kier alpha value is -1.45. The minimum absolute atomic E-state index is 0.244. The Morgan fingerprint density at radius 1 is 1.70 bits per heavy atom. The number of aldehydes is 1. The fourth-order valence-electron chi connectivity index (χ4n) is 0.596. The van der Waals surface area contributed by atoms with Gasteiger partial charge in [-0.3, -0.25) is 19.5 Å². The summed E-state index contributed by atoms with van der Waals surface area (Å²) in [5.41, 5.74) is 0. The van der Waals surface area contributed by atoms with Crippen LogP contribution in [0.1, 0.15) is 0 Å². The number of carbonyl (C=O) groups excluding carboxylic acids is 2. The summed E-state index contributed by atoms with van der Waals surface area (Å²) < 4.78 is 0. The molecule has 1 rings (SSSR count). The third-order valence-electron chi connectivity index (χ3n) is 1.08. The Kier molecular flexibility index (Phi) is 1.94. The van der Waals surface area contributed by atoms with Crippen molar-refractivity contribution in [2.75, 3.05) is 6.67 Å². The fourth-order valence-corrected chi connectivity index (χ4v) is 0.596. The van der Waals surface area contributed by atoms with Crippen molar-refractivity contribution in [2.45, 2.75) is 0 Å². The highest BCUT2D eigenvalue weighted by molar-refractivity contribution is 6.23. The molecular formula is C6H6N2O2. The molecule has 1 heterocycles. The monoisotopic (exact) mass is 138 g/mol. The third-order valence-corrected chi connectivity index (χ3v) is 1.08. The zero-order valence-electron chi connectivity index (χ0n) is 5.23. The highest BCUT2D eigenvalue weighted by Gasteiger charge is 2.08. The molecule has 4 heteroatoms. The Morgan fingerprint density at radius 3 is 3.00 bits per heavy atom. The van der Waals surface area contributed by atoms with Crippen LogP contribution in [0.15, 0.2) is 17.3 Å². The summed E-state index contributed by atoms with van der Waals surface area (Å²) in [6, 6.07) is 0. The predicted octanol–water partition coefficient (Wildman–Crippen LogP) is -0.431. The number of hydrogen-bond acceptors (Lipinski definition) is 3. The van der Waals surface area contributed by atoms with Crippen LogP contribution in [0.4, 0.5) is 0 Å². The van der Waals surface area contributed by atoms with E-state index in [1.165, 1.54) is 11.1 Å². The highest BCUT2D eigenvalue weighted by atomic mass is 16.2. The first-order valence-corrected chi connectivity index (χ1v) is 2.77. The first-order chi connectivity index (χ1) is 4.84. The molecule has 0 fully saturated rings. The maximum absolute atomic E-state index is 10.6. The van der Waals surface area contributed by atoms with Gasteiger partial charge >= 0.3 is 0 Å². The number of nitrogens with zero attached hydrogens (tertiary/aromatic N) is 2. The smallest absolute Gasteiger partial charge is 0.292 e. The van der Waals surface area contributed by atoms with Crippen molar-refractivity contribution in [1.82, 2.24) is 4.90 Å². The molecular weight excluding hydrogens is 132 g/mol. The number of amides is 1. The van der Waals surface area contributed by atoms with E-state index in [0.29, 0.717) is 0 Å². The van der Waals surface area contributed by atoms with Crippen LogP contribution in [0.25, 0.3) is 0 Å². The van der Waals surface area contributed by atoms with Crippen LogP contribution in [-0.4, -0.2) is 30.0 Å². The molecule has 1 aliphatic rings. The average molecular weight is 138 g/mol. The summed E-state index contributed by atoms with van der Waals surface area (Å²) in [5, 5.41) is 0. The number of allylic oxidation sites excluding steroid dienone is 1. The van der Waals surface area contributed by atoms with E-state index < -0.39 is 5.91 Å². The molecule has 0 aromatic rings. The molecule has 0 bridgehead atoms. The van der Waals surface area contributed by atoms with E-state index in [0.717, 1.165) is 0 Å². The molecule has 0 N–H and O–H groups in total. The van der Waals surface area contributed by atoms with Crippen LogP contribution in [0.2, 0.25) is 0 Å².